The number of para-hydroxylation sites is 1. The lowest BCUT2D eigenvalue weighted by Gasteiger charge is -2.10. The van der Waals surface area contributed by atoms with Gasteiger partial charge in [-0.2, -0.15) is 0 Å². The Balaban J connectivity index is 2.41. The molecule has 0 aliphatic rings. The molecule has 0 amide bonds. The Morgan fingerprint density at radius 3 is 2.60 bits per heavy atom. The van der Waals surface area contributed by atoms with Crippen LogP contribution in [-0.2, 0) is 5.88 Å². The molecular formula is C15H11Cl3N2. The molecule has 0 atom stereocenters. The van der Waals surface area contributed by atoms with E-state index in [1.807, 2.05) is 41.8 Å². The van der Waals surface area contributed by atoms with Crippen LogP contribution in [0, 0.1) is 6.92 Å². The van der Waals surface area contributed by atoms with Gasteiger partial charge in [0.2, 0.25) is 0 Å². The predicted molar refractivity (Wildman–Crippen MR) is 85.4 cm³/mol. The third kappa shape index (κ3) is 2.08. The molecule has 0 bridgehead atoms. The van der Waals surface area contributed by atoms with Crippen molar-refractivity contribution in [3.63, 3.8) is 0 Å². The number of fused-ring (bicyclic) bond motifs is 1. The van der Waals surface area contributed by atoms with Gasteiger partial charge in [-0.15, -0.1) is 11.6 Å². The van der Waals surface area contributed by atoms with Gasteiger partial charge in [0, 0.05) is 0 Å². The van der Waals surface area contributed by atoms with E-state index in [0.717, 1.165) is 28.1 Å². The first-order valence-corrected chi connectivity index (χ1v) is 7.40. The molecule has 2 aromatic carbocycles. The number of nitrogens with zero attached hydrogens (tertiary/aromatic N) is 2. The third-order valence-electron chi connectivity index (χ3n) is 3.25. The van der Waals surface area contributed by atoms with E-state index in [4.69, 9.17) is 34.8 Å². The van der Waals surface area contributed by atoms with Crippen molar-refractivity contribution in [2.75, 3.05) is 0 Å². The van der Waals surface area contributed by atoms with Crippen LogP contribution in [0.1, 0.15) is 11.4 Å². The number of halogens is 3. The Morgan fingerprint density at radius 1 is 1.10 bits per heavy atom. The second kappa shape index (κ2) is 5.28. The van der Waals surface area contributed by atoms with E-state index in [0.29, 0.717) is 15.9 Å². The molecule has 0 spiro atoms. The third-order valence-corrected chi connectivity index (χ3v) is 4.30. The average Bonchev–Trinajstić information content (AvgIpc) is 2.82. The molecule has 1 heterocycles. The molecule has 102 valence electrons. The summed E-state index contributed by atoms with van der Waals surface area (Å²) in [5.41, 5.74) is 3.80. The first-order chi connectivity index (χ1) is 9.63. The summed E-state index contributed by atoms with van der Waals surface area (Å²) in [4.78, 5) is 4.61. The van der Waals surface area contributed by atoms with Crippen LogP contribution in [0.4, 0.5) is 0 Å². The lowest BCUT2D eigenvalue weighted by molar-refractivity contribution is 0.982. The molecule has 3 rings (SSSR count). The Labute approximate surface area is 131 Å². The fourth-order valence-electron chi connectivity index (χ4n) is 2.31. The fourth-order valence-corrected chi connectivity index (χ4v) is 2.87. The van der Waals surface area contributed by atoms with Crippen molar-refractivity contribution >= 4 is 45.8 Å². The Kier molecular flexibility index (Phi) is 3.63. The van der Waals surface area contributed by atoms with Crippen LogP contribution in [0.5, 0.6) is 0 Å². The number of hydrogen-bond donors (Lipinski definition) is 0. The number of alkyl halides is 1. The molecule has 20 heavy (non-hydrogen) atoms. The average molecular weight is 326 g/mol. The van der Waals surface area contributed by atoms with E-state index in [1.165, 1.54) is 0 Å². The van der Waals surface area contributed by atoms with Crippen molar-refractivity contribution < 1.29 is 0 Å². The molecule has 0 aliphatic heterocycles. The van der Waals surface area contributed by atoms with E-state index in [-0.39, 0.29) is 0 Å². The highest BCUT2D eigenvalue weighted by molar-refractivity contribution is 6.43. The van der Waals surface area contributed by atoms with Crippen molar-refractivity contribution in [2.24, 2.45) is 0 Å². The summed E-state index contributed by atoms with van der Waals surface area (Å²) in [5, 5.41) is 1.01. The van der Waals surface area contributed by atoms with Crippen LogP contribution < -0.4 is 0 Å². The first kappa shape index (κ1) is 13.7. The van der Waals surface area contributed by atoms with Crippen LogP contribution in [0.3, 0.4) is 0 Å². The molecule has 0 aliphatic carbocycles. The van der Waals surface area contributed by atoms with Crippen LogP contribution >= 0.6 is 34.8 Å². The van der Waals surface area contributed by atoms with Gasteiger partial charge in [0.05, 0.1) is 32.6 Å². The summed E-state index contributed by atoms with van der Waals surface area (Å²) in [5.74, 6) is 1.05. The summed E-state index contributed by atoms with van der Waals surface area (Å²) in [6.45, 7) is 2.03. The lowest BCUT2D eigenvalue weighted by atomic mass is 10.2. The Hall–Kier alpha value is -1.22. The normalized spacial score (nSPS) is 11.2. The molecule has 5 heteroatoms. The van der Waals surface area contributed by atoms with Gasteiger partial charge in [0.25, 0.3) is 0 Å². The quantitative estimate of drug-likeness (QED) is 0.578. The predicted octanol–water partition coefficient (Wildman–Crippen LogP) is 5.38. The summed E-state index contributed by atoms with van der Waals surface area (Å²) in [7, 11) is 0. The summed E-state index contributed by atoms with van der Waals surface area (Å²) in [6.07, 6.45) is 0. The number of aryl methyl sites for hydroxylation is 1. The summed E-state index contributed by atoms with van der Waals surface area (Å²) < 4.78 is 1.96. The maximum Gasteiger partial charge on any atom is 0.129 e. The lowest BCUT2D eigenvalue weighted by Crippen LogP contribution is -2.00. The maximum atomic E-state index is 6.33. The highest BCUT2D eigenvalue weighted by Crippen LogP contribution is 2.32. The second-order valence-electron chi connectivity index (χ2n) is 4.51. The first-order valence-electron chi connectivity index (χ1n) is 6.10. The molecule has 1 aromatic heterocycles. The van der Waals surface area contributed by atoms with Crippen LogP contribution in [0.2, 0.25) is 10.0 Å². The highest BCUT2D eigenvalue weighted by Gasteiger charge is 2.16. The van der Waals surface area contributed by atoms with E-state index in [1.54, 1.807) is 6.07 Å². The van der Waals surface area contributed by atoms with Gasteiger partial charge in [0.1, 0.15) is 5.82 Å². The van der Waals surface area contributed by atoms with Gasteiger partial charge in [-0.25, -0.2) is 4.98 Å². The van der Waals surface area contributed by atoms with Gasteiger partial charge in [-0.1, -0.05) is 41.4 Å². The van der Waals surface area contributed by atoms with Crippen molar-refractivity contribution in [1.29, 1.82) is 0 Å². The maximum absolute atomic E-state index is 6.33. The molecule has 0 radical (unpaired) electrons. The molecular weight excluding hydrogens is 315 g/mol. The molecule has 0 fully saturated rings. The minimum absolute atomic E-state index is 0.303. The van der Waals surface area contributed by atoms with E-state index in [2.05, 4.69) is 4.98 Å². The highest BCUT2D eigenvalue weighted by atomic mass is 35.5. The molecule has 0 N–H and O–H groups in total. The SMILES string of the molecule is Cc1cccc2c1nc(CCl)n2-c1cccc(Cl)c1Cl. The van der Waals surface area contributed by atoms with Crippen LogP contribution in [0.15, 0.2) is 36.4 Å². The molecule has 0 saturated heterocycles. The number of rotatable bonds is 2. The van der Waals surface area contributed by atoms with Crippen molar-refractivity contribution in [3.8, 4) is 5.69 Å². The molecule has 0 saturated carbocycles. The topological polar surface area (TPSA) is 17.8 Å². The number of imidazole rings is 1. The Morgan fingerprint density at radius 2 is 1.85 bits per heavy atom. The number of aromatic nitrogens is 2. The smallest absolute Gasteiger partial charge is 0.129 e. The zero-order chi connectivity index (χ0) is 14.3. The zero-order valence-corrected chi connectivity index (χ0v) is 13.0. The fraction of sp³-hybridized carbons (Fsp3) is 0.133. The summed E-state index contributed by atoms with van der Waals surface area (Å²) in [6, 6.07) is 11.6. The molecule has 3 aromatic rings. The van der Waals surface area contributed by atoms with Gasteiger partial charge in [-0.05, 0) is 30.7 Å². The standard InChI is InChI=1S/C15H11Cl3N2/c1-9-4-2-7-12-15(9)19-13(8-16)20(12)11-6-3-5-10(17)14(11)18/h2-7H,8H2,1H3. The zero-order valence-electron chi connectivity index (χ0n) is 10.7. The van der Waals surface area contributed by atoms with Crippen molar-refractivity contribution in [3.05, 3.63) is 57.8 Å². The van der Waals surface area contributed by atoms with E-state index < -0.39 is 0 Å². The van der Waals surface area contributed by atoms with Crippen molar-refractivity contribution in [1.82, 2.24) is 9.55 Å². The van der Waals surface area contributed by atoms with E-state index >= 15 is 0 Å². The minimum Gasteiger partial charge on any atom is -0.294 e. The van der Waals surface area contributed by atoms with E-state index in [9.17, 15) is 0 Å². The number of benzene rings is 2. The van der Waals surface area contributed by atoms with Gasteiger partial charge < -0.3 is 0 Å². The van der Waals surface area contributed by atoms with Gasteiger partial charge >= 0.3 is 0 Å². The van der Waals surface area contributed by atoms with Crippen molar-refractivity contribution in [2.45, 2.75) is 12.8 Å². The number of hydrogen-bond acceptors (Lipinski definition) is 1. The largest absolute Gasteiger partial charge is 0.294 e. The molecule has 2 nitrogen and oxygen atoms in total. The summed E-state index contributed by atoms with van der Waals surface area (Å²) >= 11 is 18.5. The second-order valence-corrected chi connectivity index (χ2v) is 5.57. The van der Waals surface area contributed by atoms with Crippen LogP contribution in [-0.4, -0.2) is 9.55 Å². The van der Waals surface area contributed by atoms with Gasteiger partial charge in [-0.3, -0.25) is 4.57 Å². The Bertz CT molecular complexity index is 793. The van der Waals surface area contributed by atoms with Crippen LogP contribution in [0.25, 0.3) is 16.7 Å². The molecule has 0 unspecified atom stereocenters. The van der Waals surface area contributed by atoms with Gasteiger partial charge in [0.15, 0.2) is 0 Å². The monoisotopic (exact) mass is 324 g/mol. The minimum atomic E-state index is 0.303.